The lowest BCUT2D eigenvalue weighted by Gasteiger charge is -2.43. The molecule has 6 nitrogen and oxygen atoms in total. The van der Waals surface area contributed by atoms with Gasteiger partial charge in [0.1, 0.15) is 17.3 Å². The molecule has 0 atom stereocenters. The second-order valence-corrected chi connectivity index (χ2v) is 10.1. The van der Waals surface area contributed by atoms with Crippen LogP contribution in [0.4, 0.5) is 11.4 Å². The van der Waals surface area contributed by atoms with Crippen molar-refractivity contribution in [1.82, 2.24) is 9.88 Å². The van der Waals surface area contributed by atoms with Crippen molar-refractivity contribution in [2.45, 2.75) is 51.0 Å². The van der Waals surface area contributed by atoms with Crippen LogP contribution in [0, 0.1) is 24.2 Å². The number of pyridine rings is 1. The number of hydrogen-bond acceptors (Lipinski definition) is 5. The van der Waals surface area contributed by atoms with Gasteiger partial charge >= 0.3 is 0 Å². The average Bonchev–Trinajstić information content (AvgIpc) is 3.02. The summed E-state index contributed by atoms with van der Waals surface area (Å²) in [6.45, 7) is 4.18. The maximum atomic E-state index is 13.6. The molecule has 3 fully saturated rings. The van der Waals surface area contributed by atoms with E-state index in [-0.39, 0.29) is 5.91 Å². The van der Waals surface area contributed by atoms with Gasteiger partial charge in [-0.3, -0.25) is 9.69 Å². The summed E-state index contributed by atoms with van der Waals surface area (Å²) in [6.07, 6.45) is 7.78. The first-order valence-corrected chi connectivity index (χ1v) is 12.2. The number of benzene rings is 1. The topological polar surface area (TPSA) is 63.5 Å². The number of nitrogens with zero attached hydrogens (tertiary/aromatic N) is 5. The van der Waals surface area contributed by atoms with E-state index in [0.29, 0.717) is 16.5 Å². The van der Waals surface area contributed by atoms with Crippen LogP contribution >= 0.6 is 12.2 Å². The number of anilines is 2. The fourth-order valence-electron chi connectivity index (χ4n) is 5.39. The minimum Gasteiger partial charge on any atom is -0.306 e. The number of likely N-dealkylation sites (tertiary alicyclic amines) is 1. The highest BCUT2D eigenvalue weighted by Crippen LogP contribution is 2.47. The second kappa shape index (κ2) is 8.51. The highest BCUT2D eigenvalue weighted by atomic mass is 32.1. The number of hydrogen-bond donors (Lipinski definition) is 0. The van der Waals surface area contributed by atoms with E-state index in [0.717, 1.165) is 42.9 Å². The van der Waals surface area contributed by atoms with Gasteiger partial charge in [0.2, 0.25) is 0 Å². The first-order chi connectivity index (χ1) is 15.9. The SMILES string of the molecule is Cc1cc(N2C(=O)C3(CCC3)N(c3ccc(CC4CCN(C)CC4)cc3)C2=S)cnc1C#N. The Labute approximate surface area is 200 Å². The molecular weight excluding hydrogens is 430 g/mol. The molecule has 0 unspecified atom stereocenters. The molecule has 170 valence electrons. The molecule has 1 aromatic heterocycles. The number of aryl methyl sites for hydroxylation is 1. The molecule has 1 aromatic carbocycles. The van der Waals surface area contributed by atoms with Crippen molar-refractivity contribution in [3.05, 3.63) is 53.3 Å². The molecule has 7 heteroatoms. The molecule has 2 aliphatic heterocycles. The van der Waals surface area contributed by atoms with E-state index >= 15 is 0 Å². The molecular formula is C26H29N5OS. The predicted molar refractivity (Wildman–Crippen MR) is 133 cm³/mol. The number of aromatic nitrogens is 1. The summed E-state index contributed by atoms with van der Waals surface area (Å²) in [6, 6.07) is 12.6. The zero-order valence-electron chi connectivity index (χ0n) is 19.3. The first-order valence-electron chi connectivity index (χ1n) is 11.8. The third-order valence-corrected chi connectivity index (χ3v) is 7.94. The van der Waals surface area contributed by atoms with Crippen molar-refractivity contribution in [2.75, 3.05) is 29.9 Å². The Morgan fingerprint density at radius 1 is 1.18 bits per heavy atom. The van der Waals surface area contributed by atoms with Gasteiger partial charge in [-0.15, -0.1) is 0 Å². The maximum Gasteiger partial charge on any atom is 0.259 e. The zero-order chi connectivity index (χ0) is 23.2. The highest BCUT2D eigenvalue weighted by Gasteiger charge is 2.59. The van der Waals surface area contributed by atoms with Gasteiger partial charge in [-0.1, -0.05) is 12.1 Å². The first kappa shape index (κ1) is 22.0. The molecule has 3 heterocycles. The minimum atomic E-state index is -0.603. The van der Waals surface area contributed by atoms with Gasteiger partial charge < -0.3 is 9.80 Å². The Kier molecular flexibility index (Phi) is 5.67. The summed E-state index contributed by atoms with van der Waals surface area (Å²) in [5.74, 6) is 0.752. The third kappa shape index (κ3) is 3.71. The molecule has 2 saturated heterocycles. The molecule has 2 aromatic rings. The van der Waals surface area contributed by atoms with E-state index in [1.165, 1.54) is 31.5 Å². The molecule has 0 bridgehead atoms. The summed E-state index contributed by atoms with van der Waals surface area (Å²) >= 11 is 5.86. The highest BCUT2D eigenvalue weighted by molar-refractivity contribution is 7.81. The van der Waals surface area contributed by atoms with Crippen molar-refractivity contribution in [2.24, 2.45) is 5.92 Å². The van der Waals surface area contributed by atoms with E-state index in [1.54, 1.807) is 11.1 Å². The lowest BCUT2D eigenvalue weighted by molar-refractivity contribution is -0.123. The number of piperidine rings is 1. The van der Waals surface area contributed by atoms with E-state index in [4.69, 9.17) is 12.2 Å². The predicted octanol–water partition coefficient (Wildman–Crippen LogP) is 4.21. The molecule has 3 aliphatic rings. The monoisotopic (exact) mass is 459 g/mol. The second-order valence-electron chi connectivity index (χ2n) is 9.73. The molecule has 0 N–H and O–H groups in total. The van der Waals surface area contributed by atoms with Crippen molar-refractivity contribution in [3.8, 4) is 6.07 Å². The van der Waals surface area contributed by atoms with Crippen LogP contribution in [-0.4, -0.2) is 46.6 Å². The molecule has 33 heavy (non-hydrogen) atoms. The lowest BCUT2D eigenvalue weighted by atomic mass is 9.75. The van der Waals surface area contributed by atoms with Crippen LogP contribution in [0.2, 0.25) is 0 Å². The Morgan fingerprint density at radius 2 is 1.88 bits per heavy atom. The smallest absolute Gasteiger partial charge is 0.259 e. The van der Waals surface area contributed by atoms with Crippen molar-refractivity contribution in [1.29, 1.82) is 5.26 Å². The van der Waals surface area contributed by atoms with Gasteiger partial charge in [-0.2, -0.15) is 5.26 Å². The number of amides is 1. The zero-order valence-corrected chi connectivity index (χ0v) is 20.1. The summed E-state index contributed by atoms with van der Waals surface area (Å²) in [5, 5.41) is 9.70. The normalized spacial score (nSPS) is 20.9. The van der Waals surface area contributed by atoms with Crippen LogP contribution in [0.5, 0.6) is 0 Å². The Balaban J connectivity index is 1.40. The van der Waals surface area contributed by atoms with Crippen LogP contribution in [-0.2, 0) is 11.2 Å². The summed E-state index contributed by atoms with van der Waals surface area (Å²) in [4.78, 5) is 23.9. The molecule has 1 amide bonds. The maximum absolute atomic E-state index is 13.6. The van der Waals surface area contributed by atoms with E-state index in [9.17, 15) is 10.1 Å². The van der Waals surface area contributed by atoms with Gasteiger partial charge in [0, 0.05) is 5.69 Å². The molecule has 1 aliphatic carbocycles. The number of nitriles is 1. The molecule has 1 spiro atoms. The van der Waals surface area contributed by atoms with Gasteiger partial charge in [0.25, 0.3) is 5.91 Å². The van der Waals surface area contributed by atoms with Crippen molar-refractivity contribution in [3.63, 3.8) is 0 Å². The van der Waals surface area contributed by atoms with Gasteiger partial charge in [0.05, 0.1) is 11.9 Å². The fourth-order valence-corrected chi connectivity index (χ4v) is 5.86. The summed E-state index contributed by atoms with van der Waals surface area (Å²) in [7, 11) is 2.19. The van der Waals surface area contributed by atoms with Crippen LogP contribution in [0.1, 0.15) is 48.9 Å². The Morgan fingerprint density at radius 3 is 2.45 bits per heavy atom. The number of carbonyl (C=O) groups is 1. The van der Waals surface area contributed by atoms with Gasteiger partial charge in [-0.25, -0.2) is 4.98 Å². The van der Waals surface area contributed by atoms with E-state index < -0.39 is 5.54 Å². The van der Waals surface area contributed by atoms with Crippen molar-refractivity contribution < 1.29 is 4.79 Å². The van der Waals surface area contributed by atoms with E-state index in [2.05, 4.69) is 52.2 Å². The summed E-state index contributed by atoms with van der Waals surface area (Å²) in [5.41, 5.74) is 3.46. The number of carbonyl (C=O) groups excluding carboxylic acids is 1. The largest absolute Gasteiger partial charge is 0.306 e. The third-order valence-electron chi connectivity index (χ3n) is 7.58. The van der Waals surface area contributed by atoms with Crippen molar-refractivity contribution >= 4 is 34.6 Å². The quantitative estimate of drug-likeness (QED) is 0.639. The molecule has 0 radical (unpaired) electrons. The molecule has 1 saturated carbocycles. The average molecular weight is 460 g/mol. The van der Waals surface area contributed by atoms with Crippen LogP contribution in [0.15, 0.2) is 36.5 Å². The van der Waals surface area contributed by atoms with Gasteiger partial charge in [-0.05, 0) is 113 Å². The minimum absolute atomic E-state index is 0.0139. The van der Waals surface area contributed by atoms with Crippen LogP contribution in [0.3, 0.4) is 0 Å². The molecule has 5 rings (SSSR count). The van der Waals surface area contributed by atoms with Crippen LogP contribution < -0.4 is 9.80 Å². The lowest BCUT2D eigenvalue weighted by Crippen LogP contribution is -2.55. The van der Waals surface area contributed by atoms with Crippen LogP contribution in [0.25, 0.3) is 0 Å². The Hall–Kier alpha value is -2.82. The van der Waals surface area contributed by atoms with Gasteiger partial charge in [0.15, 0.2) is 5.11 Å². The standard InChI is InChI=1S/C26H29N5OS/c1-18-14-22(17-28-23(18)16-27)30-24(32)26(10-3-11-26)31(25(30)33)21-6-4-19(5-7-21)15-20-8-12-29(2)13-9-20/h4-7,14,17,20H,3,8-13,15H2,1-2H3. The fraction of sp³-hybridized carbons (Fsp3) is 0.462. The summed E-state index contributed by atoms with van der Waals surface area (Å²) < 4.78 is 0. The Bertz CT molecular complexity index is 1130. The number of thiocarbonyl (C=S) groups is 1. The van der Waals surface area contributed by atoms with E-state index in [1.807, 2.05) is 13.0 Å². The number of rotatable bonds is 4.